The summed E-state index contributed by atoms with van der Waals surface area (Å²) in [4.78, 5) is 8.57. The van der Waals surface area contributed by atoms with Crippen LogP contribution in [0, 0.1) is 4.77 Å². The van der Waals surface area contributed by atoms with E-state index in [1.807, 2.05) is 46.4 Å². The normalized spacial score (nSPS) is 17.8. The van der Waals surface area contributed by atoms with Crippen molar-refractivity contribution < 1.29 is 0 Å². The number of hydrogen-bond acceptors (Lipinski definition) is 4. The van der Waals surface area contributed by atoms with Gasteiger partial charge in [0.25, 0.3) is 0 Å². The van der Waals surface area contributed by atoms with Crippen LogP contribution in [0.15, 0.2) is 41.8 Å². The van der Waals surface area contributed by atoms with Crippen molar-refractivity contribution in [1.82, 2.24) is 19.7 Å². The van der Waals surface area contributed by atoms with Crippen LogP contribution in [-0.4, -0.2) is 26.2 Å². The van der Waals surface area contributed by atoms with Crippen LogP contribution < -0.4 is 0 Å². The van der Waals surface area contributed by atoms with E-state index in [1.54, 1.807) is 0 Å². The minimum atomic E-state index is 0.463. The molecule has 6 heteroatoms. The second-order valence-electron chi connectivity index (χ2n) is 6.08. The van der Waals surface area contributed by atoms with Crippen LogP contribution in [-0.2, 0) is 13.1 Å². The third-order valence-corrected chi connectivity index (χ3v) is 5.95. The van der Waals surface area contributed by atoms with Crippen LogP contribution in [0.25, 0.3) is 11.4 Å². The van der Waals surface area contributed by atoms with Crippen molar-refractivity contribution >= 4 is 23.6 Å². The van der Waals surface area contributed by atoms with Crippen molar-refractivity contribution in [2.24, 2.45) is 0 Å². The first-order valence-electron chi connectivity index (χ1n) is 8.29. The highest BCUT2D eigenvalue weighted by Gasteiger charge is 2.27. The summed E-state index contributed by atoms with van der Waals surface area (Å²) in [7, 11) is 0. The first-order valence-corrected chi connectivity index (χ1v) is 9.57. The van der Waals surface area contributed by atoms with Gasteiger partial charge in [-0.15, -0.1) is 11.3 Å². The predicted octanol–water partition coefficient (Wildman–Crippen LogP) is 4.64. The van der Waals surface area contributed by atoms with Gasteiger partial charge in [-0.25, -0.2) is 4.68 Å². The Morgan fingerprint density at radius 3 is 2.92 bits per heavy atom. The molecule has 0 fully saturated rings. The number of fused-ring (bicyclic) bond motifs is 1. The van der Waals surface area contributed by atoms with Gasteiger partial charge >= 0.3 is 0 Å². The number of thiophene rings is 1. The molecule has 3 heterocycles. The molecule has 1 aliphatic heterocycles. The minimum Gasteiger partial charge on any atom is -0.278 e. The van der Waals surface area contributed by atoms with Crippen molar-refractivity contribution in [1.29, 1.82) is 0 Å². The van der Waals surface area contributed by atoms with E-state index in [0.717, 1.165) is 37.4 Å². The molecule has 0 saturated heterocycles. The maximum Gasteiger partial charge on any atom is 0.217 e. The summed E-state index contributed by atoms with van der Waals surface area (Å²) >= 11 is 7.36. The molecule has 0 spiro atoms. The predicted molar refractivity (Wildman–Crippen MR) is 101 cm³/mol. The maximum absolute atomic E-state index is 5.47. The second-order valence-corrected chi connectivity index (χ2v) is 7.44. The van der Waals surface area contributed by atoms with Crippen LogP contribution in [0.2, 0.25) is 0 Å². The first-order chi connectivity index (χ1) is 11.8. The molecule has 0 bridgehead atoms. The maximum atomic E-state index is 5.47. The van der Waals surface area contributed by atoms with Gasteiger partial charge in [-0.3, -0.25) is 10.00 Å². The van der Waals surface area contributed by atoms with E-state index >= 15 is 0 Å². The largest absolute Gasteiger partial charge is 0.278 e. The zero-order valence-electron chi connectivity index (χ0n) is 13.6. The number of rotatable bonds is 4. The number of nitrogens with zero attached hydrogens (tertiary/aromatic N) is 3. The summed E-state index contributed by atoms with van der Waals surface area (Å²) < 4.78 is 2.59. The lowest BCUT2D eigenvalue weighted by Gasteiger charge is -2.35. The van der Waals surface area contributed by atoms with E-state index in [0.29, 0.717) is 10.8 Å². The molecule has 4 rings (SSSR count). The van der Waals surface area contributed by atoms with Crippen LogP contribution in [0.3, 0.4) is 0 Å². The van der Waals surface area contributed by atoms with Gasteiger partial charge in [0.2, 0.25) is 4.77 Å². The quantitative estimate of drug-likeness (QED) is 0.692. The zero-order valence-corrected chi connectivity index (χ0v) is 15.2. The molecule has 124 valence electrons. The average molecular weight is 357 g/mol. The Hall–Kier alpha value is -1.76. The van der Waals surface area contributed by atoms with Crippen molar-refractivity contribution in [3.63, 3.8) is 0 Å². The van der Waals surface area contributed by atoms with Crippen LogP contribution in [0.1, 0.15) is 29.8 Å². The summed E-state index contributed by atoms with van der Waals surface area (Å²) in [5.41, 5.74) is 2.55. The topological polar surface area (TPSA) is 36.9 Å². The molecule has 0 aliphatic carbocycles. The van der Waals surface area contributed by atoms with E-state index in [-0.39, 0.29) is 0 Å². The van der Waals surface area contributed by atoms with Gasteiger partial charge in [-0.1, -0.05) is 37.3 Å². The lowest BCUT2D eigenvalue weighted by Crippen LogP contribution is -2.36. The minimum absolute atomic E-state index is 0.463. The lowest BCUT2D eigenvalue weighted by molar-refractivity contribution is 0.130. The van der Waals surface area contributed by atoms with E-state index in [1.165, 1.54) is 10.4 Å². The molecule has 1 atom stereocenters. The Balaban J connectivity index is 1.60. The van der Waals surface area contributed by atoms with Crippen LogP contribution in [0.5, 0.6) is 0 Å². The fourth-order valence-electron chi connectivity index (χ4n) is 3.45. The highest BCUT2D eigenvalue weighted by atomic mass is 32.1. The van der Waals surface area contributed by atoms with E-state index < -0.39 is 0 Å². The zero-order chi connectivity index (χ0) is 16.5. The lowest BCUT2D eigenvalue weighted by atomic mass is 9.98. The van der Waals surface area contributed by atoms with Gasteiger partial charge < -0.3 is 0 Å². The summed E-state index contributed by atoms with van der Waals surface area (Å²) in [6.45, 7) is 4.08. The van der Waals surface area contributed by atoms with Crippen molar-refractivity contribution in [2.75, 3.05) is 6.54 Å². The smallest absolute Gasteiger partial charge is 0.217 e. The molecule has 2 aromatic heterocycles. The van der Waals surface area contributed by atoms with Gasteiger partial charge in [0, 0.05) is 23.0 Å². The molecule has 1 aromatic carbocycles. The monoisotopic (exact) mass is 356 g/mol. The molecule has 1 N–H and O–H groups in total. The Bertz CT molecular complexity index is 878. The van der Waals surface area contributed by atoms with Crippen molar-refractivity contribution in [2.45, 2.75) is 32.5 Å². The van der Waals surface area contributed by atoms with E-state index in [9.17, 15) is 0 Å². The molecule has 0 radical (unpaired) electrons. The molecule has 24 heavy (non-hydrogen) atoms. The number of aromatic amines is 1. The molecule has 0 amide bonds. The number of aromatic nitrogens is 3. The highest BCUT2D eigenvalue weighted by Crippen LogP contribution is 2.35. The average Bonchev–Trinajstić information content (AvgIpc) is 3.22. The summed E-state index contributed by atoms with van der Waals surface area (Å²) in [5, 5.41) is 5.58. The summed E-state index contributed by atoms with van der Waals surface area (Å²) in [6.07, 6.45) is 2.23. The summed E-state index contributed by atoms with van der Waals surface area (Å²) in [5.74, 6) is 0.835. The van der Waals surface area contributed by atoms with Crippen molar-refractivity contribution in [3.8, 4) is 11.4 Å². The van der Waals surface area contributed by atoms with Gasteiger partial charge in [-0.05, 0) is 42.1 Å². The standard InChI is InChI=1S/C18H20N4S2/c1-2-15-14-9-11-24-16(14)8-10-21(15)12-22-18(23)19-17(20-22)13-6-4-3-5-7-13/h3-7,9,11,15H,2,8,10,12H2,1H3,(H,19,20,23)/t15-/m1/s1. The molecule has 0 unspecified atom stereocenters. The number of hydrogen-bond donors (Lipinski definition) is 1. The highest BCUT2D eigenvalue weighted by molar-refractivity contribution is 7.71. The Labute approximate surface area is 150 Å². The molecule has 0 saturated carbocycles. The van der Waals surface area contributed by atoms with Crippen molar-refractivity contribution in [3.05, 3.63) is 57.0 Å². The van der Waals surface area contributed by atoms with Gasteiger partial charge in [-0.2, -0.15) is 4.98 Å². The molecular weight excluding hydrogens is 336 g/mol. The molecule has 3 aromatic rings. The van der Waals surface area contributed by atoms with Crippen LogP contribution in [0.4, 0.5) is 0 Å². The third kappa shape index (κ3) is 2.85. The van der Waals surface area contributed by atoms with Gasteiger partial charge in [0.15, 0.2) is 5.82 Å². The van der Waals surface area contributed by atoms with Crippen LogP contribution >= 0.6 is 23.6 Å². The molecule has 1 aliphatic rings. The number of benzene rings is 1. The Morgan fingerprint density at radius 1 is 1.29 bits per heavy atom. The van der Waals surface area contributed by atoms with Gasteiger partial charge in [0.05, 0.1) is 6.67 Å². The SMILES string of the molecule is CC[C@@H]1c2ccsc2CCN1Cn1[nH]c(-c2ccccc2)nc1=S. The van der Waals surface area contributed by atoms with Gasteiger partial charge in [0.1, 0.15) is 0 Å². The third-order valence-electron chi connectivity index (χ3n) is 4.64. The Morgan fingerprint density at radius 2 is 2.12 bits per heavy atom. The Kier molecular flexibility index (Phi) is 4.35. The molecular formula is C18H20N4S2. The second kappa shape index (κ2) is 6.63. The fourth-order valence-corrected chi connectivity index (χ4v) is 4.58. The fraction of sp³-hybridized carbons (Fsp3) is 0.333. The van der Waals surface area contributed by atoms with E-state index in [2.05, 4.69) is 33.4 Å². The van der Waals surface area contributed by atoms with E-state index in [4.69, 9.17) is 12.2 Å². The number of H-pyrrole nitrogens is 1. The molecule has 4 nitrogen and oxygen atoms in total. The number of nitrogens with one attached hydrogen (secondary N) is 1. The summed E-state index contributed by atoms with van der Waals surface area (Å²) in [6, 6.07) is 12.9. The first kappa shape index (κ1) is 15.7.